The third kappa shape index (κ3) is 4.55. The Morgan fingerprint density at radius 3 is 3.05 bits per heavy atom. The lowest BCUT2D eigenvalue weighted by Gasteiger charge is -2.24. The van der Waals surface area contributed by atoms with E-state index in [0.29, 0.717) is 17.9 Å². The largest absolute Gasteiger partial charge is 0.376 e. The van der Waals surface area contributed by atoms with E-state index in [0.717, 1.165) is 25.9 Å². The van der Waals surface area contributed by atoms with Crippen molar-refractivity contribution in [3.8, 4) is 6.07 Å². The Bertz CT molecular complexity index is 518. The van der Waals surface area contributed by atoms with Gasteiger partial charge in [-0.2, -0.15) is 5.26 Å². The number of para-hydroxylation sites is 1. The van der Waals surface area contributed by atoms with Crippen molar-refractivity contribution in [3.63, 3.8) is 0 Å². The van der Waals surface area contributed by atoms with E-state index < -0.39 is 6.10 Å². The van der Waals surface area contributed by atoms with Crippen LogP contribution in [0.4, 0.5) is 5.69 Å². The topological polar surface area (TPSA) is 71.3 Å². The number of ether oxygens (including phenoxy) is 2. The number of hydrogen-bond acceptors (Lipinski definition) is 4. The van der Waals surface area contributed by atoms with Crippen molar-refractivity contribution in [1.29, 1.82) is 5.26 Å². The maximum atomic E-state index is 12.1. The average molecular weight is 288 g/mol. The fourth-order valence-electron chi connectivity index (χ4n) is 2.19. The van der Waals surface area contributed by atoms with Crippen LogP contribution in [0.2, 0.25) is 0 Å². The third-order valence-electron chi connectivity index (χ3n) is 3.48. The summed E-state index contributed by atoms with van der Waals surface area (Å²) in [4.78, 5) is 12.1. The van der Waals surface area contributed by atoms with Crippen molar-refractivity contribution in [2.24, 2.45) is 0 Å². The zero-order chi connectivity index (χ0) is 15.1. The summed E-state index contributed by atoms with van der Waals surface area (Å²) in [5.74, 6) is -0.256. The molecule has 2 unspecified atom stereocenters. The van der Waals surface area contributed by atoms with Gasteiger partial charge in [0.25, 0.3) is 5.91 Å². The zero-order valence-corrected chi connectivity index (χ0v) is 12.2. The second-order valence-corrected chi connectivity index (χ2v) is 5.11. The molecule has 0 aromatic heterocycles. The molecule has 1 saturated heterocycles. The van der Waals surface area contributed by atoms with Crippen LogP contribution in [-0.2, 0) is 14.3 Å². The number of nitriles is 1. The van der Waals surface area contributed by atoms with E-state index in [1.807, 2.05) is 6.07 Å². The van der Waals surface area contributed by atoms with Crippen LogP contribution in [0.25, 0.3) is 0 Å². The number of nitrogens with one attached hydrogen (secondary N) is 1. The Kier molecular flexibility index (Phi) is 5.73. The van der Waals surface area contributed by atoms with E-state index in [1.54, 1.807) is 31.2 Å². The Hall–Kier alpha value is -1.90. The normalized spacial score (nSPS) is 19.5. The van der Waals surface area contributed by atoms with Gasteiger partial charge in [0.05, 0.1) is 24.0 Å². The molecule has 1 aromatic rings. The smallest absolute Gasteiger partial charge is 0.253 e. The summed E-state index contributed by atoms with van der Waals surface area (Å²) in [7, 11) is 0. The summed E-state index contributed by atoms with van der Waals surface area (Å²) in [5.41, 5.74) is 0.947. The lowest BCUT2D eigenvalue weighted by molar-refractivity contribution is -0.130. The summed E-state index contributed by atoms with van der Waals surface area (Å²) in [6.07, 6.45) is 2.72. The number of hydrogen-bond donors (Lipinski definition) is 1. The van der Waals surface area contributed by atoms with Gasteiger partial charge in [0.2, 0.25) is 0 Å². The van der Waals surface area contributed by atoms with Crippen molar-refractivity contribution in [2.75, 3.05) is 18.5 Å². The number of nitrogens with zero attached hydrogens (tertiary/aromatic N) is 1. The highest BCUT2D eigenvalue weighted by Crippen LogP contribution is 2.16. The maximum absolute atomic E-state index is 12.1. The van der Waals surface area contributed by atoms with Gasteiger partial charge in [-0.25, -0.2) is 0 Å². The van der Waals surface area contributed by atoms with Gasteiger partial charge in [-0.05, 0) is 38.3 Å². The number of amides is 1. The molecule has 5 nitrogen and oxygen atoms in total. The molecule has 1 amide bonds. The summed E-state index contributed by atoms with van der Waals surface area (Å²) < 4.78 is 11.1. The second kappa shape index (κ2) is 7.77. The fourth-order valence-corrected chi connectivity index (χ4v) is 2.19. The molecule has 1 aromatic carbocycles. The van der Waals surface area contributed by atoms with Crippen LogP contribution in [0.15, 0.2) is 24.3 Å². The van der Waals surface area contributed by atoms with Gasteiger partial charge in [-0.3, -0.25) is 4.79 Å². The van der Waals surface area contributed by atoms with E-state index in [9.17, 15) is 4.79 Å². The number of carbonyl (C=O) groups is 1. The van der Waals surface area contributed by atoms with Crippen LogP contribution in [-0.4, -0.2) is 31.3 Å². The standard InChI is InChI=1S/C16H20N2O3/c1-12(21-11-14-7-4-5-9-20-14)16(19)18-15-8-3-2-6-13(15)10-17/h2-3,6,8,12,14H,4-5,7,9,11H2,1H3,(H,18,19). The molecular weight excluding hydrogens is 268 g/mol. The predicted molar refractivity (Wildman–Crippen MR) is 78.8 cm³/mol. The molecule has 1 aliphatic rings. The highest BCUT2D eigenvalue weighted by atomic mass is 16.5. The second-order valence-electron chi connectivity index (χ2n) is 5.11. The summed E-state index contributed by atoms with van der Waals surface area (Å²) in [6, 6.07) is 8.95. The molecule has 0 radical (unpaired) electrons. The molecule has 5 heteroatoms. The Labute approximate surface area is 124 Å². The molecular formula is C16H20N2O3. The van der Waals surface area contributed by atoms with Crippen molar-refractivity contribution >= 4 is 11.6 Å². The van der Waals surface area contributed by atoms with E-state index >= 15 is 0 Å². The van der Waals surface area contributed by atoms with Gasteiger partial charge >= 0.3 is 0 Å². The lowest BCUT2D eigenvalue weighted by atomic mass is 10.1. The first-order valence-electron chi connectivity index (χ1n) is 7.24. The van der Waals surface area contributed by atoms with Crippen molar-refractivity contribution in [1.82, 2.24) is 0 Å². The third-order valence-corrected chi connectivity index (χ3v) is 3.48. The minimum Gasteiger partial charge on any atom is -0.376 e. The lowest BCUT2D eigenvalue weighted by Crippen LogP contribution is -2.32. The molecule has 1 heterocycles. The molecule has 0 spiro atoms. The highest BCUT2D eigenvalue weighted by molar-refractivity contribution is 5.95. The molecule has 0 bridgehead atoms. The minimum atomic E-state index is -0.581. The predicted octanol–water partition coefficient (Wildman–Crippen LogP) is 2.47. The SMILES string of the molecule is CC(OCC1CCCCO1)C(=O)Nc1ccccc1C#N. The van der Waals surface area contributed by atoms with E-state index in [2.05, 4.69) is 5.32 Å². The maximum Gasteiger partial charge on any atom is 0.253 e. The molecule has 1 aliphatic heterocycles. The molecule has 112 valence electrons. The highest BCUT2D eigenvalue weighted by Gasteiger charge is 2.19. The van der Waals surface area contributed by atoms with Gasteiger partial charge in [0.1, 0.15) is 12.2 Å². The van der Waals surface area contributed by atoms with Gasteiger partial charge in [0.15, 0.2) is 0 Å². The molecule has 2 rings (SSSR count). The molecule has 1 N–H and O–H groups in total. The fraction of sp³-hybridized carbons (Fsp3) is 0.500. The van der Waals surface area contributed by atoms with Crippen molar-refractivity contribution in [2.45, 2.75) is 38.4 Å². The molecule has 0 saturated carbocycles. The van der Waals surface area contributed by atoms with Gasteiger partial charge in [-0.1, -0.05) is 12.1 Å². The van der Waals surface area contributed by atoms with Crippen molar-refractivity contribution in [3.05, 3.63) is 29.8 Å². The quantitative estimate of drug-likeness (QED) is 0.903. The Morgan fingerprint density at radius 1 is 1.52 bits per heavy atom. The first-order valence-corrected chi connectivity index (χ1v) is 7.24. The summed E-state index contributed by atoms with van der Waals surface area (Å²) in [6.45, 7) is 2.89. The van der Waals surface area contributed by atoms with Crippen LogP contribution in [0.5, 0.6) is 0 Å². The monoisotopic (exact) mass is 288 g/mol. The average Bonchev–Trinajstić information content (AvgIpc) is 2.54. The molecule has 2 atom stereocenters. The minimum absolute atomic E-state index is 0.0837. The number of benzene rings is 1. The van der Waals surface area contributed by atoms with E-state index in [-0.39, 0.29) is 12.0 Å². The number of anilines is 1. The number of carbonyl (C=O) groups excluding carboxylic acids is 1. The van der Waals surface area contributed by atoms with Crippen LogP contribution in [0.3, 0.4) is 0 Å². The van der Waals surface area contributed by atoms with Gasteiger partial charge in [-0.15, -0.1) is 0 Å². The first kappa shape index (κ1) is 15.5. The van der Waals surface area contributed by atoms with Crippen LogP contribution >= 0.6 is 0 Å². The summed E-state index contributed by atoms with van der Waals surface area (Å²) in [5, 5.41) is 11.7. The molecule has 21 heavy (non-hydrogen) atoms. The van der Waals surface area contributed by atoms with E-state index in [4.69, 9.17) is 14.7 Å². The van der Waals surface area contributed by atoms with Gasteiger partial charge in [0, 0.05) is 6.61 Å². The summed E-state index contributed by atoms with van der Waals surface area (Å²) >= 11 is 0. The zero-order valence-electron chi connectivity index (χ0n) is 12.2. The van der Waals surface area contributed by atoms with Crippen LogP contribution in [0, 0.1) is 11.3 Å². The Morgan fingerprint density at radius 2 is 2.33 bits per heavy atom. The van der Waals surface area contributed by atoms with Gasteiger partial charge < -0.3 is 14.8 Å². The van der Waals surface area contributed by atoms with Crippen molar-refractivity contribution < 1.29 is 14.3 Å². The van der Waals surface area contributed by atoms with Crippen LogP contribution in [0.1, 0.15) is 31.7 Å². The molecule has 0 aliphatic carbocycles. The van der Waals surface area contributed by atoms with E-state index in [1.165, 1.54) is 0 Å². The van der Waals surface area contributed by atoms with Crippen LogP contribution < -0.4 is 5.32 Å². The first-order chi connectivity index (χ1) is 10.2. The molecule has 1 fully saturated rings. The number of rotatable bonds is 5. The Balaban J connectivity index is 1.83.